The Bertz CT molecular complexity index is 452. The molecule has 0 aromatic heterocycles. The Hall–Kier alpha value is -1.31. The molecule has 1 fully saturated rings. The topological polar surface area (TPSA) is 20.3 Å². The van der Waals surface area contributed by atoms with Crippen LogP contribution in [0.15, 0.2) is 30.3 Å². The molecule has 1 saturated carbocycles. The number of carbonyl (C=O) groups is 1. The fourth-order valence-corrected chi connectivity index (χ4v) is 2.95. The second kappa shape index (κ2) is 8.36. The highest BCUT2D eigenvalue weighted by molar-refractivity contribution is 5.81. The van der Waals surface area contributed by atoms with Crippen LogP contribution in [-0.2, 0) is 11.2 Å². The van der Waals surface area contributed by atoms with Gasteiger partial charge in [-0.15, -0.1) is 0 Å². The van der Waals surface area contributed by atoms with Crippen molar-refractivity contribution in [2.24, 2.45) is 17.8 Å². The van der Waals surface area contributed by atoms with E-state index in [9.17, 15) is 4.79 Å². The zero-order chi connectivity index (χ0) is 15.9. The van der Waals surface area contributed by atoms with Gasteiger partial charge in [-0.3, -0.25) is 4.79 Å². The van der Waals surface area contributed by atoms with E-state index < -0.39 is 0 Å². The first kappa shape index (κ1) is 17.1. The van der Waals surface area contributed by atoms with Crippen molar-refractivity contribution in [2.75, 3.05) is 13.1 Å². The molecule has 2 rings (SSSR count). The van der Waals surface area contributed by atoms with E-state index in [-0.39, 0.29) is 0 Å². The van der Waals surface area contributed by atoms with Gasteiger partial charge in [0.25, 0.3) is 0 Å². The highest BCUT2D eigenvalue weighted by atomic mass is 16.2. The maximum atomic E-state index is 12.6. The van der Waals surface area contributed by atoms with Crippen LogP contribution in [-0.4, -0.2) is 23.9 Å². The Balaban J connectivity index is 1.97. The monoisotopic (exact) mass is 301 g/mol. The molecule has 1 aromatic carbocycles. The van der Waals surface area contributed by atoms with Gasteiger partial charge in [0.2, 0.25) is 5.91 Å². The van der Waals surface area contributed by atoms with Gasteiger partial charge in [0.05, 0.1) is 0 Å². The summed E-state index contributed by atoms with van der Waals surface area (Å²) in [4.78, 5) is 14.8. The van der Waals surface area contributed by atoms with Gasteiger partial charge in [0.15, 0.2) is 0 Å². The first-order valence-electron chi connectivity index (χ1n) is 8.96. The number of nitrogens with zero attached hydrogens (tertiary/aromatic N) is 1. The van der Waals surface area contributed by atoms with E-state index in [1.165, 1.54) is 5.56 Å². The van der Waals surface area contributed by atoms with Gasteiger partial charge in [-0.25, -0.2) is 0 Å². The first-order valence-corrected chi connectivity index (χ1v) is 8.96. The number of hydrogen-bond donors (Lipinski definition) is 0. The quantitative estimate of drug-likeness (QED) is 0.655. The van der Waals surface area contributed by atoms with Crippen molar-refractivity contribution in [1.82, 2.24) is 4.90 Å². The SMILES string of the molecule is CCC(C)CN(CC(CC)Cc1ccccc1)C(=O)C1CC1. The Morgan fingerprint density at radius 1 is 1.14 bits per heavy atom. The number of amides is 1. The lowest BCUT2D eigenvalue weighted by Crippen LogP contribution is -2.39. The van der Waals surface area contributed by atoms with E-state index in [2.05, 4.69) is 56.0 Å². The molecule has 1 aromatic rings. The zero-order valence-corrected chi connectivity index (χ0v) is 14.4. The largest absolute Gasteiger partial charge is 0.342 e. The van der Waals surface area contributed by atoms with E-state index in [0.29, 0.717) is 23.7 Å². The summed E-state index contributed by atoms with van der Waals surface area (Å²) in [5.74, 6) is 1.90. The maximum Gasteiger partial charge on any atom is 0.225 e. The minimum Gasteiger partial charge on any atom is -0.342 e. The van der Waals surface area contributed by atoms with Crippen molar-refractivity contribution in [2.45, 2.75) is 52.9 Å². The average Bonchev–Trinajstić information content (AvgIpc) is 3.38. The van der Waals surface area contributed by atoms with Gasteiger partial charge in [-0.05, 0) is 36.7 Å². The fourth-order valence-electron chi connectivity index (χ4n) is 2.95. The van der Waals surface area contributed by atoms with Crippen LogP contribution >= 0.6 is 0 Å². The predicted octanol–water partition coefficient (Wildman–Crippen LogP) is 4.54. The Kier molecular flexibility index (Phi) is 6.48. The molecule has 0 spiro atoms. The maximum absolute atomic E-state index is 12.6. The van der Waals surface area contributed by atoms with E-state index >= 15 is 0 Å². The van der Waals surface area contributed by atoms with Gasteiger partial charge in [0.1, 0.15) is 0 Å². The van der Waals surface area contributed by atoms with Crippen molar-refractivity contribution < 1.29 is 4.79 Å². The lowest BCUT2D eigenvalue weighted by Gasteiger charge is -2.29. The Morgan fingerprint density at radius 2 is 1.82 bits per heavy atom. The molecule has 2 nitrogen and oxygen atoms in total. The number of rotatable bonds is 9. The van der Waals surface area contributed by atoms with Crippen LogP contribution in [0.5, 0.6) is 0 Å². The second-order valence-electron chi connectivity index (χ2n) is 6.99. The summed E-state index contributed by atoms with van der Waals surface area (Å²) in [7, 11) is 0. The summed E-state index contributed by atoms with van der Waals surface area (Å²) < 4.78 is 0. The van der Waals surface area contributed by atoms with Crippen molar-refractivity contribution in [3.05, 3.63) is 35.9 Å². The normalized spacial score (nSPS) is 17.0. The molecule has 1 aliphatic rings. The minimum absolute atomic E-state index is 0.332. The third kappa shape index (κ3) is 5.15. The van der Waals surface area contributed by atoms with Gasteiger partial charge in [-0.1, -0.05) is 63.9 Å². The molecule has 22 heavy (non-hydrogen) atoms. The van der Waals surface area contributed by atoms with Gasteiger partial charge >= 0.3 is 0 Å². The fraction of sp³-hybridized carbons (Fsp3) is 0.650. The molecule has 2 heteroatoms. The Morgan fingerprint density at radius 3 is 2.36 bits per heavy atom. The third-order valence-electron chi connectivity index (χ3n) is 4.89. The molecular weight excluding hydrogens is 270 g/mol. The summed E-state index contributed by atoms with van der Waals surface area (Å²) in [6, 6.07) is 10.7. The predicted molar refractivity (Wildman–Crippen MR) is 92.7 cm³/mol. The molecule has 1 amide bonds. The van der Waals surface area contributed by atoms with Crippen LogP contribution in [0.1, 0.15) is 52.0 Å². The second-order valence-corrected chi connectivity index (χ2v) is 6.99. The van der Waals surface area contributed by atoms with E-state index in [1.807, 2.05) is 0 Å². The molecule has 0 saturated heterocycles. The molecule has 0 heterocycles. The summed E-state index contributed by atoms with van der Waals surface area (Å²) in [5.41, 5.74) is 1.39. The molecular formula is C20H31NO. The molecule has 122 valence electrons. The number of carbonyl (C=O) groups excluding carboxylic acids is 1. The van der Waals surface area contributed by atoms with Crippen LogP contribution in [0.4, 0.5) is 0 Å². The summed E-state index contributed by atoms with van der Waals surface area (Å²) >= 11 is 0. The van der Waals surface area contributed by atoms with Crippen molar-refractivity contribution in [3.63, 3.8) is 0 Å². The number of hydrogen-bond acceptors (Lipinski definition) is 1. The van der Waals surface area contributed by atoms with Crippen LogP contribution < -0.4 is 0 Å². The zero-order valence-electron chi connectivity index (χ0n) is 14.4. The van der Waals surface area contributed by atoms with Crippen molar-refractivity contribution in [1.29, 1.82) is 0 Å². The van der Waals surface area contributed by atoms with E-state index in [0.717, 1.165) is 45.2 Å². The Labute approximate surface area is 135 Å². The van der Waals surface area contributed by atoms with Crippen LogP contribution in [0.3, 0.4) is 0 Å². The lowest BCUT2D eigenvalue weighted by atomic mass is 9.95. The minimum atomic E-state index is 0.332. The third-order valence-corrected chi connectivity index (χ3v) is 4.89. The highest BCUT2D eigenvalue weighted by Gasteiger charge is 2.34. The molecule has 2 unspecified atom stereocenters. The van der Waals surface area contributed by atoms with Crippen LogP contribution in [0, 0.1) is 17.8 Å². The molecule has 1 aliphatic carbocycles. The number of benzene rings is 1. The van der Waals surface area contributed by atoms with Crippen molar-refractivity contribution >= 4 is 5.91 Å². The first-order chi connectivity index (χ1) is 10.6. The standard InChI is InChI=1S/C20H31NO/c1-4-16(3)14-21(20(22)19-11-12-19)15-17(5-2)13-18-9-7-6-8-10-18/h6-10,16-17,19H,4-5,11-15H2,1-3H3. The molecule has 0 radical (unpaired) electrons. The van der Waals surface area contributed by atoms with E-state index in [4.69, 9.17) is 0 Å². The molecule has 2 atom stereocenters. The summed E-state index contributed by atoms with van der Waals surface area (Å²) in [6.07, 6.45) is 5.55. The summed E-state index contributed by atoms with van der Waals surface area (Å²) in [6.45, 7) is 8.57. The molecule has 0 bridgehead atoms. The van der Waals surface area contributed by atoms with Gasteiger partial charge in [0, 0.05) is 19.0 Å². The smallest absolute Gasteiger partial charge is 0.225 e. The summed E-state index contributed by atoms with van der Waals surface area (Å²) in [5, 5.41) is 0. The average molecular weight is 301 g/mol. The van der Waals surface area contributed by atoms with Gasteiger partial charge in [-0.2, -0.15) is 0 Å². The highest BCUT2D eigenvalue weighted by Crippen LogP contribution is 2.32. The van der Waals surface area contributed by atoms with Crippen LogP contribution in [0.2, 0.25) is 0 Å². The lowest BCUT2D eigenvalue weighted by molar-refractivity contribution is -0.133. The van der Waals surface area contributed by atoms with Gasteiger partial charge < -0.3 is 4.90 Å². The van der Waals surface area contributed by atoms with Crippen molar-refractivity contribution in [3.8, 4) is 0 Å². The van der Waals surface area contributed by atoms with E-state index in [1.54, 1.807) is 0 Å². The van der Waals surface area contributed by atoms with Crippen LogP contribution in [0.25, 0.3) is 0 Å². The molecule has 0 N–H and O–H groups in total. The molecule has 0 aliphatic heterocycles.